The summed E-state index contributed by atoms with van der Waals surface area (Å²) in [5.41, 5.74) is 0.828. The average molecular weight is 355 g/mol. The second-order valence-corrected chi connectivity index (χ2v) is 7.74. The van der Waals surface area contributed by atoms with E-state index in [4.69, 9.17) is 4.74 Å². The van der Waals surface area contributed by atoms with Crippen LogP contribution in [0.3, 0.4) is 0 Å². The van der Waals surface area contributed by atoms with Gasteiger partial charge >= 0.3 is 6.03 Å². The van der Waals surface area contributed by atoms with Gasteiger partial charge in [-0.15, -0.1) is 0 Å². The third-order valence-corrected chi connectivity index (χ3v) is 5.41. The molecule has 1 aromatic rings. The van der Waals surface area contributed by atoms with Gasteiger partial charge in [0.1, 0.15) is 5.75 Å². The van der Waals surface area contributed by atoms with Crippen molar-refractivity contribution in [2.75, 3.05) is 25.2 Å². The Balaban J connectivity index is 1.70. The molecule has 132 valence electrons. The van der Waals surface area contributed by atoms with Crippen LogP contribution in [0.15, 0.2) is 24.3 Å². The van der Waals surface area contributed by atoms with Crippen LogP contribution in [0.1, 0.15) is 12.0 Å². The summed E-state index contributed by atoms with van der Waals surface area (Å²) in [6.07, 6.45) is 0.399. The molecule has 0 unspecified atom stereocenters. The number of rotatable bonds is 6. The molecule has 9 heteroatoms. The lowest BCUT2D eigenvalue weighted by Crippen LogP contribution is -2.46. The molecule has 8 nitrogen and oxygen atoms in total. The minimum absolute atomic E-state index is 0.0551. The van der Waals surface area contributed by atoms with Crippen molar-refractivity contribution in [2.24, 2.45) is 0 Å². The Morgan fingerprint density at radius 2 is 2.00 bits per heavy atom. The van der Waals surface area contributed by atoms with Crippen molar-refractivity contribution in [2.45, 2.75) is 19.0 Å². The summed E-state index contributed by atoms with van der Waals surface area (Å²) in [4.78, 5) is 23.4. The molecule has 0 aromatic heterocycles. The number of sulfone groups is 1. The summed E-state index contributed by atoms with van der Waals surface area (Å²) in [5.74, 6) is 0.346. The topological polar surface area (TPSA) is 114 Å². The minimum atomic E-state index is -3.05. The molecule has 0 saturated carbocycles. The van der Waals surface area contributed by atoms with Gasteiger partial charge in [0.15, 0.2) is 9.84 Å². The Hall–Kier alpha value is -2.29. The fourth-order valence-electron chi connectivity index (χ4n) is 2.41. The van der Waals surface area contributed by atoms with Gasteiger partial charge in [-0.2, -0.15) is 0 Å². The Kier molecular flexibility index (Phi) is 6.02. The summed E-state index contributed by atoms with van der Waals surface area (Å²) in [7, 11) is -1.50. The van der Waals surface area contributed by atoms with E-state index in [1.165, 1.54) is 0 Å². The lowest BCUT2D eigenvalue weighted by Gasteiger charge is -2.12. The molecule has 1 fully saturated rings. The number of para-hydroxylation sites is 1. The highest BCUT2D eigenvalue weighted by molar-refractivity contribution is 7.91. The molecule has 24 heavy (non-hydrogen) atoms. The van der Waals surface area contributed by atoms with Gasteiger partial charge in [0.05, 0.1) is 25.2 Å². The van der Waals surface area contributed by atoms with Crippen LogP contribution in [0.2, 0.25) is 0 Å². The SMILES string of the molecule is COc1ccccc1CNC(=O)CNC(=O)N[C@H]1CCS(=O)(=O)C1. The third-order valence-electron chi connectivity index (χ3n) is 3.65. The number of ether oxygens (including phenoxy) is 1. The Morgan fingerprint density at radius 1 is 1.25 bits per heavy atom. The number of carbonyl (C=O) groups excluding carboxylic acids is 2. The first-order valence-corrected chi connectivity index (χ1v) is 9.35. The van der Waals surface area contributed by atoms with Crippen molar-refractivity contribution in [3.05, 3.63) is 29.8 Å². The molecule has 1 saturated heterocycles. The van der Waals surface area contributed by atoms with Crippen LogP contribution >= 0.6 is 0 Å². The normalized spacial score (nSPS) is 18.6. The van der Waals surface area contributed by atoms with Crippen LogP contribution in [0.5, 0.6) is 5.75 Å². The molecule has 1 atom stereocenters. The van der Waals surface area contributed by atoms with E-state index in [0.29, 0.717) is 12.2 Å². The number of methoxy groups -OCH3 is 1. The predicted octanol–water partition coefficient (Wildman–Crippen LogP) is -0.202. The molecule has 0 radical (unpaired) electrons. The summed E-state index contributed by atoms with van der Waals surface area (Å²) >= 11 is 0. The van der Waals surface area contributed by atoms with Crippen LogP contribution in [-0.4, -0.2) is 51.6 Å². The number of amides is 3. The second kappa shape index (κ2) is 8.00. The van der Waals surface area contributed by atoms with Crippen molar-refractivity contribution < 1.29 is 22.7 Å². The molecule has 1 heterocycles. The molecular formula is C15H21N3O5S. The van der Waals surface area contributed by atoms with Crippen molar-refractivity contribution in [3.63, 3.8) is 0 Å². The maximum absolute atomic E-state index is 11.8. The molecule has 3 N–H and O–H groups in total. The first-order chi connectivity index (χ1) is 11.4. The summed E-state index contributed by atoms with van der Waals surface area (Å²) in [6.45, 7) is 0.0907. The fourth-order valence-corrected chi connectivity index (χ4v) is 4.08. The standard InChI is InChI=1S/C15H21N3O5S/c1-23-13-5-3-2-4-11(13)8-16-14(19)9-17-15(20)18-12-6-7-24(21,22)10-12/h2-5,12H,6-10H2,1H3,(H,16,19)(H2,17,18,20)/t12-/m0/s1. The fraction of sp³-hybridized carbons (Fsp3) is 0.467. The van der Waals surface area contributed by atoms with Gasteiger partial charge in [-0.05, 0) is 12.5 Å². The monoisotopic (exact) mass is 355 g/mol. The van der Waals surface area contributed by atoms with E-state index in [0.717, 1.165) is 5.56 Å². The molecule has 1 aliphatic heterocycles. The van der Waals surface area contributed by atoms with Crippen LogP contribution in [-0.2, 0) is 21.2 Å². The predicted molar refractivity (Wildman–Crippen MR) is 88.4 cm³/mol. The maximum atomic E-state index is 11.8. The van der Waals surface area contributed by atoms with Gasteiger partial charge in [0.2, 0.25) is 5.91 Å². The third kappa shape index (κ3) is 5.41. The van der Waals surface area contributed by atoms with Crippen molar-refractivity contribution in [1.82, 2.24) is 16.0 Å². The van der Waals surface area contributed by atoms with E-state index in [-0.39, 0.29) is 30.5 Å². The molecule has 0 bridgehead atoms. The second-order valence-electron chi connectivity index (χ2n) is 5.52. The lowest BCUT2D eigenvalue weighted by atomic mass is 10.2. The van der Waals surface area contributed by atoms with Crippen LogP contribution < -0.4 is 20.7 Å². The number of urea groups is 1. The van der Waals surface area contributed by atoms with E-state index in [9.17, 15) is 18.0 Å². The number of nitrogens with one attached hydrogen (secondary N) is 3. The highest BCUT2D eigenvalue weighted by Gasteiger charge is 2.28. The Labute approximate surface area is 140 Å². The van der Waals surface area contributed by atoms with E-state index in [1.54, 1.807) is 13.2 Å². The molecule has 1 aromatic carbocycles. The van der Waals surface area contributed by atoms with E-state index >= 15 is 0 Å². The maximum Gasteiger partial charge on any atom is 0.315 e. The van der Waals surface area contributed by atoms with Gasteiger partial charge in [-0.3, -0.25) is 4.79 Å². The number of hydrogen-bond acceptors (Lipinski definition) is 5. The molecule has 2 rings (SSSR count). The zero-order valence-electron chi connectivity index (χ0n) is 13.4. The smallest absolute Gasteiger partial charge is 0.315 e. The van der Waals surface area contributed by atoms with Crippen molar-refractivity contribution in [3.8, 4) is 5.75 Å². The van der Waals surface area contributed by atoms with Crippen molar-refractivity contribution >= 4 is 21.8 Å². The first kappa shape index (κ1) is 18.1. The average Bonchev–Trinajstić information content (AvgIpc) is 2.89. The van der Waals surface area contributed by atoms with Crippen molar-refractivity contribution in [1.29, 1.82) is 0 Å². The van der Waals surface area contributed by atoms with Crippen LogP contribution in [0, 0.1) is 0 Å². The minimum Gasteiger partial charge on any atom is -0.496 e. The molecule has 0 spiro atoms. The summed E-state index contributed by atoms with van der Waals surface area (Å²) in [5, 5.41) is 7.64. The largest absolute Gasteiger partial charge is 0.496 e. The Bertz CT molecular complexity index is 705. The first-order valence-electron chi connectivity index (χ1n) is 7.53. The summed E-state index contributed by atoms with van der Waals surface area (Å²) in [6, 6.07) is 6.35. The van der Waals surface area contributed by atoms with Gasteiger partial charge in [-0.1, -0.05) is 18.2 Å². The highest BCUT2D eigenvalue weighted by atomic mass is 32.2. The van der Waals surface area contributed by atoms with E-state index < -0.39 is 21.9 Å². The molecule has 3 amide bonds. The van der Waals surface area contributed by atoms with Crippen LogP contribution in [0.25, 0.3) is 0 Å². The highest BCUT2D eigenvalue weighted by Crippen LogP contribution is 2.16. The Morgan fingerprint density at radius 3 is 2.67 bits per heavy atom. The zero-order valence-corrected chi connectivity index (χ0v) is 14.2. The van der Waals surface area contributed by atoms with Crippen LogP contribution in [0.4, 0.5) is 4.79 Å². The summed E-state index contributed by atoms with van der Waals surface area (Å²) < 4.78 is 27.8. The van der Waals surface area contributed by atoms with E-state index in [2.05, 4.69) is 16.0 Å². The molecule has 0 aliphatic carbocycles. The van der Waals surface area contributed by atoms with Gasteiger partial charge in [0.25, 0.3) is 0 Å². The lowest BCUT2D eigenvalue weighted by molar-refractivity contribution is -0.120. The zero-order chi connectivity index (χ0) is 17.6. The van der Waals surface area contributed by atoms with E-state index in [1.807, 2.05) is 18.2 Å². The van der Waals surface area contributed by atoms with Gasteiger partial charge < -0.3 is 20.7 Å². The number of benzene rings is 1. The number of hydrogen-bond donors (Lipinski definition) is 3. The molecular weight excluding hydrogens is 334 g/mol. The molecule has 1 aliphatic rings. The van der Waals surface area contributed by atoms with Gasteiger partial charge in [-0.25, -0.2) is 13.2 Å². The van der Waals surface area contributed by atoms with Gasteiger partial charge in [0, 0.05) is 18.2 Å². The quantitative estimate of drug-likeness (QED) is 0.654. The number of carbonyl (C=O) groups is 2.